The Kier molecular flexibility index (Phi) is 7.43. The fraction of sp³-hybridized carbons (Fsp3) is 0.125. The summed E-state index contributed by atoms with van der Waals surface area (Å²) in [4.78, 5) is 15.9. The highest BCUT2D eigenvalue weighted by atomic mass is 35.5. The number of ketones is 1. The van der Waals surface area contributed by atoms with Crippen molar-refractivity contribution in [1.29, 1.82) is 0 Å². The summed E-state index contributed by atoms with van der Waals surface area (Å²) in [6.07, 6.45) is 1.94. The lowest BCUT2D eigenvalue weighted by Gasteiger charge is -2.12. The Bertz CT molecular complexity index is 995. The van der Waals surface area contributed by atoms with Crippen LogP contribution < -0.4 is 4.90 Å². The molecule has 0 aliphatic heterocycles. The SMILES string of the molecule is CN(C)c1ccc(/C=C(/SCc2ccc(Cl)cc2)C(=O)c2ccc(Cl)cc2)cc1. The Morgan fingerprint density at radius 2 is 1.41 bits per heavy atom. The standard InChI is InChI=1S/C24H21Cl2NOS/c1-27(2)22-13-5-17(6-14-22)15-23(24(28)19-7-11-21(26)12-8-19)29-16-18-3-9-20(25)10-4-18/h3-15H,16H2,1-2H3/b23-15+. The maximum atomic E-state index is 13.1. The second-order valence-corrected chi connectivity index (χ2v) is 8.64. The quantitative estimate of drug-likeness (QED) is 0.285. The molecular formula is C24H21Cl2NOS. The van der Waals surface area contributed by atoms with Crippen LogP contribution in [0.3, 0.4) is 0 Å². The molecule has 0 aliphatic carbocycles. The van der Waals surface area contributed by atoms with E-state index in [1.54, 1.807) is 24.3 Å². The molecule has 0 radical (unpaired) electrons. The van der Waals surface area contributed by atoms with Gasteiger partial charge in [0.1, 0.15) is 0 Å². The summed E-state index contributed by atoms with van der Waals surface area (Å²) >= 11 is 13.5. The average molecular weight is 442 g/mol. The van der Waals surface area contributed by atoms with Crippen molar-refractivity contribution in [1.82, 2.24) is 0 Å². The number of carbonyl (C=O) groups excluding carboxylic acids is 1. The number of halogens is 2. The van der Waals surface area contributed by atoms with Crippen LogP contribution in [-0.2, 0) is 5.75 Å². The molecule has 0 unspecified atom stereocenters. The number of nitrogens with zero attached hydrogens (tertiary/aromatic N) is 1. The summed E-state index contributed by atoms with van der Waals surface area (Å²) in [6, 6.07) is 22.8. The molecule has 0 atom stereocenters. The van der Waals surface area contributed by atoms with Gasteiger partial charge < -0.3 is 4.90 Å². The van der Waals surface area contributed by atoms with Crippen molar-refractivity contribution in [2.45, 2.75) is 5.75 Å². The zero-order valence-electron chi connectivity index (χ0n) is 16.2. The normalized spacial score (nSPS) is 11.4. The van der Waals surface area contributed by atoms with Gasteiger partial charge in [0.25, 0.3) is 0 Å². The van der Waals surface area contributed by atoms with Crippen molar-refractivity contribution in [2.24, 2.45) is 0 Å². The molecule has 3 rings (SSSR count). The van der Waals surface area contributed by atoms with Crippen LogP contribution in [0, 0.1) is 0 Å². The van der Waals surface area contributed by atoms with Crippen molar-refractivity contribution in [3.05, 3.63) is 104 Å². The van der Waals surface area contributed by atoms with Gasteiger partial charge in [-0.05, 0) is 65.7 Å². The number of benzene rings is 3. The zero-order chi connectivity index (χ0) is 20.8. The molecule has 0 aliphatic rings. The van der Waals surface area contributed by atoms with E-state index in [1.807, 2.05) is 73.6 Å². The molecular weight excluding hydrogens is 421 g/mol. The Morgan fingerprint density at radius 3 is 1.97 bits per heavy atom. The van der Waals surface area contributed by atoms with E-state index in [-0.39, 0.29) is 5.78 Å². The summed E-state index contributed by atoms with van der Waals surface area (Å²) < 4.78 is 0. The Balaban J connectivity index is 1.88. The van der Waals surface area contributed by atoms with Gasteiger partial charge in [-0.25, -0.2) is 0 Å². The van der Waals surface area contributed by atoms with Gasteiger partial charge in [0.2, 0.25) is 0 Å². The molecule has 0 heterocycles. The van der Waals surface area contributed by atoms with Crippen LogP contribution in [0.25, 0.3) is 6.08 Å². The minimum Gasteiger partial charge on any atom is -0.378 e. The van der Waals surface area contributed by atoms with Gasteiger partial charge in [0, 0.05) is 41.1 Å². The molecule has 0 fully saturated rings. The van der Waals surface area contributed by atoms with Crippen molar-refractivity contribution in [2.75, 3.05) is 19.0 Å². The van der Waals surface area contributed by atoms with Crippen LogP contribution >= 0.6 is 35.0 Å². The first-order chi connectivity index (χ1) is 13.9. The molecule has 148 valence electrons. The smallest absolute Gasteiger partial charge is 0.199 e. The summed E-state index contributed by atoms with van der Waals surface area (Å²) in [5.41, 5.74) is 3.82. The molecule has 29 heavy (non-hydrogen) atoms. The molecule has 2 nitrogen and oxygen atoms in total. The van der Waals surface area contributed by atoms with Crippen molar-refractivity contribution >= 4 is 52.5 Å². The summed E-state index contributed by atoms with van der Waals surface area (Å²) in [7, 11) is 4.00. The molecule has 3 aromatic rings. The van der Waals surface area contributed by atoms with Crippen LogP contribution in [0.4, 0.5) is 5.69 Å². The number of allylic oxidation sites excluding steroid dienone is 1. The third kappa shape index (κ3) is 6.14. The molecule has 0 N–H and O–H groups in total. The Morgan fingerprint density at radius 1 is 0.862 bits per heavy atom. The van der Waals surface area contributed by atoms with E-state index < -0.39 is 0 Å². The number of anilines is 1. The molecule has 0 bridgehead atoms. The molecule has 3 aromatic carbocycles. The average Bonchev–Trinajstić information content (AvgIpc) is 2.72. The zero-order valence-corrected chi connectivity index (χ0v) is 18.6. The van der Waals surface area contributed by atoms with Crippen LogP contribution in [-0.4, -0.2) is 19.9 Å². The third-order valence-electron chi connectivity index (χ3n) is 4.35. The van der Waals surface area contributed by atoms with E-state index in [9.17, 15) is 4.79 Å². The number of carbonyl (C=O) groups is 1. The number of hydrogen-bond acceptors (Lipinski definition) is 3. The monoisotopic (exact) mass is 441 g/mol. The molecule has 0 amide bonds. The molecule has 0 spiro atoms. The van der Waals surface area contributed by atoms with E-state index in [2.05, 4.69) is 0 Å². The fourth-order valence-electron chi connectivity index (χ4n) is 2.68. The lowest BCUT2D eigenvalue weighted by Crippen LogP contribution is -2.08. The molecule has 0 aromatic heterocycles. The lowest BCUT2D eigenvalue weighted by molar-refractivity contribution is 0.104. The highest BCUT2D eigenvalue weighted by Crippen LogP contribution is 2.28. The Hall–Kier alpha value is -2.20. The van der Waals surface area contributed by atoms with Gasteiger partial charge >= 0.3 is 0 Å². The maximum absolute atomic E-state index is 13.1. The molecule has 0 saturated carbocycles. The van der Waals surface area contributed by atoms with Gasteiger partial charge in [0.05, 0.1) is 4.91 Å². The van der Waals surface area contributed by atoms with Crippen LogP contribution in [0.5, 0.6) is 0 Å². The van der Waals surface area contributed by atoms with E-state index in [0.717, 1.165) is 16.8 Å². The van der Waals surface area contributed by atoms with Gasteiger partial charge in [-0.3, -0.25) is 4.79 Å². The Labute approximate surface area is 186 Å². The van der Waals surface area contributed by atoms with E-state index >= 15 is 0 Å². The summed E-state index contributed by atoms with van der Waals surface area (Å²) in [5.74, 6) is 0.662. The number of thioether (sulfide) groups is 1. The topological polar surface area (TPSA) is 20.3 Å². The molecule has 5 heteroatoms. The van der Waals surface area contributed by atoms with Gasteiger partial charge in [-0.2, -0.15) is 0 Å². The van der Waals surface area contributed by atoms with Crippen molar-refractivity contribution < 1.29 is 4.79 Å². The lowest BCUT2D eigenvalue weighted by atomic mass is 10.1. The first-order valence-corrected chi connectivity index (χ1v) is 10.8. The van der Waals surface area contributed by atoms with Gasteiger partial charge in [-0.1, -0.05) is 47.5 Å². The predicted octanol–water partition coefficient (Wildman–Crippen LogP) is 7.22. The third-order valence-corrected chi connectivity index (χ3v) is 5.94. The minimum absolute atomic E-state index is 0.0164. The van der Waals surface area contributed by atoms with Gasteiger partial charge in [-0.15, -0.1) is 11.8 Å². The van der Waals surface area contributed by atoms with Crippen molar-refractivity contribution in [3.8, 4) is 0 Å². The maximum Gasteiger partial charge on any atom is 0.199 e. The van der Waals surface area contributed by atoms with Crippen LogP contribution in [0.15, 0.2) is 77.7 Å². The van der Waals surface area contributed by atoms with Crippen LogP contribution in [0.2, 0.25) is 10.0 Å². The number of Topliss-reactive ketones (excluding diaryl/α,β-unsaturated/α-hetero) is 1. The highest BCUT2D eigenvalue weighted by Gasteiger charge is 2.14. The van der Waals surface area contributed by atoms with Crippen molar-refractivity contribution in [3.63, 3.8) is 0 Å². The predicted molar refractivity (Wildman–Crippen MR) is 127 cm³/mol. The summed E-state index contributed by atoms with van der Waals surface area (Å²) in [6.45, 7) is 0. The van der Waals surface area contributed by atoms with Crippen LogP contribution in [0.1, 0.15) is 21.5 Å². The van der Waals surface area contributed by atoms with E-state index in [0.29, 0.717) is 26.3 Å². The second kappa shape index (κ2) is 10.0. The largest absolute Gasteiger partial charge is 0.378 e. The second-order valence-electron chi connectivity index (χ2n) is 6.75. The highest BCUT2D eigenvalue weighted by molar-refractivity contribution is 8.03. The summed E-state index contributed by atoms with van der Waals surface area (Å²) in [5, 5.41) is 1.31. The fourth-order valence-corrected chi connectivity index (χ4v) is 3.91. The number of hydrogen-bond donors (Lipinski definition) is 0. The van der Waals surface area contributed by atoms with E-state index in [1.165, 1.54) is 11.8 Å². The van der Waals surface area contributed by atoms with E-state index in [4.69, 9.17) is 23.2 Å². The first-order valence-electron chi connectivity index (χ1n) is 9.09. The van der Waals surface area contributed by atoms with Gasteiger partial charge in [0.15, 0.2) is 5.78 Å². The first kappa shape index (κ1) is 21.5. The minimum atomic E-state index is -0.0164. The molecule has 0 saturated heterocycles. The number of rotatable bonds is 7.